The molecule has 3 rings (SSSR count). The van der Waals surface area contributed by atoms with Crippen LogP contribution in [0.4, 0.5) is 0 Å². The highest BCUT2D eigenvalue weighted by Crippen LogP contribution is 2.61. The second-order valence-corrected chi connectivity index (χ2v) is 9.26. The Kier molecular flexibility index (Phi) is 6.11. The van der Waals surface area contributed by atoms with Crippen LogP contribution in [0.5, 0.6) is 0 Å². The molecular formula is C22H30O8. The van der Waals surface area contributed by atoms with E-state index in [1.807, 2.05) is 6.92 Å². The number of aliphatic hydroxyl groups is 2. The predicted molar refractivity (Wildman–Crippen MR) is 105 cm³/mol. The van der Waals surface area contributed by atoms with Gasteiger partial charge >= 0.3 is 17.9 Å². The van der Waals surface area contributed by atoms with Crippen LogP contribution in [-0.2, 0) is 23.9 Å². The van der Waals surface area contributed by atoms with Gasteiger partial charge in [-0.15, -0.1) is 0 Å². The Hall–Kier alpha value is -2.19. The van der Waals surface area contributed by atoms with Gasteiger partial charge in [0.2, 0.25) is 0 Å². The highest BCUT2D eigenvalue weighted by Gasteiger charge is 2.58. The van der Waals surface area contributed by atoms with E-state index < -0.39 is 35.5 Å². The Morgan fingerprint density at radius 2 is 2.00 bits per heavy atom. The molecule has 0 radical (unpaired) electrons. The first kappa shape index (κ1) is 22.5. The molecule has 8 nitrogen and oxygen atoms in total. The first-order chi connectivity index (χ1) is 14.0. The number of carbonyl (C=O) groups excluding carboxylic acids is 2. The molecule has 0 amide bonds. The Labute approximate surface area is 175 Å². The van der Waals surface area contributed by atoms with Gasteiger partial charge in [-0.05, 0) is 49.4 Å². The summed E-state index contributed by atoms with van der Waals surface area (Å²) >= 11 is 0. The van der Waals surface area contributed by atoms with E-state index in [2.05, 4.69) is 13.5 Å². The van der Waals surface area contributed by atoms with Crippen LogP contribution in [0.1, 0.15) is 46.0 Å². The molecular weight excluding hydrogens is 392 g/mol. The Bertz CT molecular complexity index is 786. The molecule has 8 heteroatoms. The SMILES string of the molecule is C=C1CCC2C(C)(COC(=O)C(=O)O)C(O)CCC2(C)C1CC=C1C(=O)OCC1O. The molecule has 1 heterocycles. The van der Waals surface area contributed by atoms with Gasteiger partial charge in [-0.1, -0.05) is 32.1 Å². The molecule has 0 spiro atoms. The van der Waals surface area contributed by atoms with E-state index in [9.17, 15) is 24.6 Å². The molecule has 0 aromatic heterocycles. The Balaban J connectivity index is 1.86. The molecule has 0 aromatic rings. The van der Waals surface area contributed by atoms with Crippen molar-refractivity contribution >= 4 is 17.9 Å². The molecule has 0 bridgehead atoms. The van der Waals surface area contributed by atoms with Crippen molar-refractivity contribution in [2.45, 2.75) is 58.2 Å². The minimum absolute atomic E-state index is 0.00588. The van der Waals surface area contributed by atoms with Gasteiger partial charge in [0.05, 0.1) is 18.3 Å². The summed E-state index contributed by atoms with van der Waals surface area (Å²) in [5.41, 5.74) is 0.231. The second kappa shape index (κ2) is 8.15. The first-order valence-corrected chi connectivity index (χ1v) is 10.3. The summed E-state index contributed by atoms with van der Waals surface area (Å²) < 4.78 is 9.90. The summed E-state index contributed by atoms with van der Waals surface area (Å²) in [5.74, 6) is -3.52. The number of hydrogen-bond acceptors (Lipinski definition) is 7. The average molecular weight is 422 g/mol. The van der Waals surface area contributed by atoms with Crippen LogP contribution in [0.25, 0.3) is 0 Å². The topological polar surface area (TPSA) is 130 Å². The summed E-state index contributed by atoms with van der Waals surface area (Å²) in [6.07, 6.45) is 3.26. The van der Waals surface area contributed by atoms with Gasteiger partial charge in [0.1, 0.15) is 12.7 Å². The fraction of sp³-hybridized carbons (Fsp3) is 0.682. The number of aliphatic carboxylic acids is 1. The lowest BCUT2D eigenvalue weighted by Crippen LogP contribution is -2.57. The monoisotopic (exact) mass is 422 g/mol. The maximum absolute atomic E-state index is 11.8. The van der Waals surface area contributed by atoms with Crippen LogP contribution in [-0.4, -0.2) is 58.6 Å². The summed E-state index contributed by atoms with van der Waals surface area (Å²) in [6, 6.07) is 0. The predicted octanol–water partition coefficient (Wildman–Crippen LogP) is 1.60. The summed E-state index contributed by atoms with van der Waals surface area (Å²) in [5, 5.41) is 29.6. The quantitative estimate of drug-likeness (QED) is 0.270. The van der Waals surface area contributed by atoms with E-state index >= 15 is 0 Å². The lowest BCUT2D eigenvalue weighted by Gasteiger charge is -2.60. The number of fused-ring (bicyclic) bond motifs is 1. The van der Waals surface area contributed by atoms with Crippen LogP contribution >= 0.6 is 0 Å². The number of aliphatic hydroxyl groups excluding tert-OH is 2. The van der Waals surface area contributed by atoms with Crippen LogP contribution in [0.2, 0.25) is 0 Å². The van der Waals surface area contributed by atoms with E-state index in [1.54, 1.807) is 6.08 Å². The van der Waals surface area contributed by atoms with Crippen LogP contribution in [0.15, 0.2) is 23.8 Å². The van der Waals surface area contributed by atoms with Crippen molar-refractivity contribution in [1.29, 1.82) is 0 Å². The standard InChI is InChI=1S/C22H30O8/c1-12-4-7-16-21(2,14(12)6-5-13-15(23)10-29-19(13)27)9-8-17(24)22(16,3)11-30-20(28)18(25)26/h5,14-17,23-24H,1,4,6-11H2,2-3H3,(H,25,26). The highest BCUT2D eigenvalue weighted by atomic mass is 16.6. The molecule has 1 saturated heterocycles. The van der Waals surface area contributed by atoms with Crippen LogP contribution < -0.4 is 0 Å². The Morgan fingerprint density at radius 3 is 2.60 bits per heavy atom. The van der Waals surface area contributed by atoms with Gasteiger partial charge in [0.25, 0.3) is 0 Å². The smallest absolute Gasteiger partial charge is 0.417 e. The summed E-state index contributed by atoms with van der Waals surface area (Å²) in [7, 11) is 0. The molecule has 3 N–H and O–H groups in total. The number of ether oxygens (including phenoxy) is 2. The Morgan fingerprint density at radius 1 is 1.30 bits per heavy atom. The lowest BCUT2D eigenvalue weighted by molar-refractivity contribution is -0.181. The number of rotatable bonds is 4. The third-order valence-electron chi connectivity index (χ3n) is 7.58. The fourth-order valence-electron chi connectivity index (χ4n) is 5.83. The van der Waals surface area contributed by atoms with Crippen LogP contribution in [0, 0.1) is 22.7 Å². The molecule has 6 unspecified atom stereocenters. The number of cyclic esters (lactones) is 1. The van der Waals surface area contributed by atoms with Gasteiger partial charge in [0, 0.05) is 5.41 Å². The van der Waals surface area contributed by atoms with E-state index in [-0.39, 0.29) is 36.0 Å². The van der Waals surface area contributed by atoms with Crippen molar-refractivity contribution < 1.29 is 39.2 Å². The first-order valence-electron chi connectivity index (χ1n) is 10.3. The molecule has 0 aromatic carbocycles. The van der Waals surface area contributed by atoms with Crippen molar-refractivity contribution in [3.8, 4) is 0 Å². The van der Waals surface area contributed by atoms with Crippen LogP contribution in [0.3, 0.4) is 0 Å². The molecule has 1 aliphatic heterocycles. The number of allylic oxidation sites excluding steroid dienone is 2. The van der Waals surface area contributed by atoms with Gasteiger partial charge in [-0.3, -0.25) is 0 Å². The average Bonchev–Trinajstić information content (AvgIpc) is 3.00. The minimum Gasteiger partial charge on any atom is -0.473 e. The molecule has 3 aliphatic rings. The second-order valence-electron chi connectivity index (χ2n) is 9.26. The third-order valence-corrected chi connectivity index (χ3v) is 7.58. The zero-order chi connectivity index (χ0) is 22.3. The normalized spacial score (nSPS) is 40.1. The van der Waals surface area contributed by atoms with Gasteiger partial charge < -0.3 is 24.8 Å². The van der Waals surface area contributed by atoms with Crippen molar-refractivity contribution in [3.05, 3.63) is 23.8 Å². The lowest BCUT2D eigenvalue weighted by atomic mass is 9.46. The summed E-state index contributed by atoms with van der Waals surface area (Å²) in [6.45, 7) is 8.00. The van der Waals surface area contributed by atoms with Crippen molar-refractivity contribution in [3.63, 3.8) is 0 Å². The van der Waals surface area contributed by atoms with E-state index in [0.717, 1.165) is 24.8 Å². The number of carboxylic acids is 1. The molecule has 166 valence electrons. The molecule has 2 saturated carbocycles. The minimum atomic E-state index is -1.66. The third kappa shape index (κ3) is 3.78. The number of carboxylic acid groups (broad SMARTS) is 1. The van der Waals surface area contributed by atoms with E-state index in [1.165, 1.54) is 0 Å². The summed E-state index contributed by atoms with van der Waals surface area (Å²) in [4.78, 5) is 34.2. The van der Waals surface area contributed by atoms with E-state index in [4.69, 9.17) is 14.6 Å². The van der Waals surface area contributed by atoms with Crippen molar-refractivity contribution in [2.24, 2.45) is 22.7 Å². The number of hydrogen-bond donors (Lipinski definition) is 3. The maximum atomic E-state index is 11.8. The fourth-order valence-corrected chi connectivity index (χ4v) is 5.83. The van der Waals surface area contributed by atoms with Gasteiger partial charge in [-0.2, -0.15) is 0 Å². The zero-order valence-corrected chi connectivity index (χ0v) is 17.4. The number of carbonyl (C=O) groups is 3. The van der Waals surface area contributed by atoms with Gasteiger partial charge in [-0.25, -0.2) is 14.4 Å². The molecule has 6 atom stereocenters. The zero-order valence-electron chi connectivity index (χ0n) is 17.4. The largest absolute Gasteiger partial charge is 0.473 e. The maximum Gasteiger partial charge on any atom is 0.417 e. The highest BCUT2D eigenvalue weighted by molar-refractivity contribution is 6.28. The van der Waals surface area contributed by atoms with E-state index in [0.29, 0.717) is 12.8 Å². The molecule has 30 heavy (non-hydrogen) atoms. The van der Waals surface area contributed by atoms with Gasteiger partial charge in [0.15, 0.2) is 0 Å². The number of esters is 2. The molecule has 2 aliphatic carbocycles. The van der Waals surface area contributed by atoms with Crippen molar-refractivity contribution in [2.75, 3.05) is 13.2 Å². The molecule has 3 fully saturated rings. The van der Waals surface area contributed by atoms with Crippen molar-refractivity contribution in [1.82, 2.24) is 0 Å².